The van der Waals surface area contributed by atoms with Gasteiger partial charge in [0.05, 0.1) is 33.0 Å². The van der Waals surface area contributed by atoms with Crippen LogP contribution in [0.25, 0.3) is 0 Å². The quantitative estimate of drug-likeness (QED) is 0.265. The standard InChI is InChI=1S/C39H48O11/c1-38(2)47-32-29(46-37-35(34(32)48-38)49-39(3,4)50-37)24-44-36-30(40)33(43-22-27-18-12-7-13-19-27)31(42-21-26-16-10-6-11-17-26)28(45-36)23-41-20-25-14-8-5-9-15-25/h5-19,28-37,40H,20-24H2,1-4H3/t28?,29?,30?,31-,32+,33?,34?,35?,36-,37-/m1/s1. The van der Waals surface area contributed by atoms with Crippen molar-refractivity contribution >= 4 is 0 Å². The Kier molecular flexibility index (Phi) is 11.0. The highest BCUT2D eigenvalue weighted by molar-refractivity contribution is 5.15. The van der Waals surface area contributed by atoms with Crippen molar-refractivity contribution in [2.75, 3.05) is 13.2 Å². The van der Waals surface area contributed by atoms with Gasteiger partial charge in [-0.1, -0.05) is 91.0 Å². The minimum Gasteiger partial charge on any atom is -0.385 e. The summed E-state index contributed by atoms with van der Waals surface area (Å²) >= 11 is 0. The van der Waals surface area contributed by atoms with E-state index in [2.05, 4.69) is 0 Å². The van der Waals surface area contributed by atoms with Crippen LogP contribution in [0.3, 0.4) is 0 Å². The molecule has 4 aliphatic rings. The third-order valence-electron chi connectivity index (χ3n) is 9.25. The van der Waals surface area contributed by atoms with Crippen LogP contribution in [0, 0.1) is 0 Å². The van der Waals surface area contributed by atoms with E-state index in [4.69, 9.17) is 47.4 Å². The van der Waals surface area contributed by atoms with E-state index in [1.807, 2.05) is 119 Å². The predicted molar refractivity (Wildman–Crippen MR) is 179 cm³/mol. The molecule has 0 saturated carbocycles. The molecule has 4 saturated heterocycles. The molecule has 3 aromatic rings. The number of ether oxygens (including phenoxy) is 10. The van der Waals surface area contributed by atoms with Crippen LogP contribution < -0.4 is 0 Å². The van der Waals surface area contributed by atoms with Crippen molar-refractivity contribution in [3.63, 3.8) is 0 Å². The largest absolute Gasteiger partial charge is 0.385 e. The van der Waals surface area contributed by atoms with Gasteiger partial charge in [-0.2, -0.15) is 0 Å². The van der Waals surface area contributed by atoms with Crippen molar-refractivity contribution in [1.82, 2.24) is 0 Å². The fourth-order valence-corrected chi connectivity index (χ4v) is 6.98. The first-order valence-corrected chi connectivity index (χ1v) is 17.4. The Bertz CT molecular complexity index is 1490. The molecule has 50 heavy (non-hydrogen) atoms. The molecule has 6 unspecified atom stereocenters. The van der Waals surface area contributed by atoms with Crippen molar-refractivity contribution in [3.8, 4) is 0 Å². The minimum atomic E-state index is -1.21. The number of fused-ring (bicyclic) bond motifs is 3. The van der Waals surface area contributed by atoms with Crippen LogP contribution in [0.5, 0.6) is 0 Å². The molecule has 10 atom stereocenters. The average molecular weight is 693 g/mol. The summed E-state index contributed by atoms with van der Waals surface area (Å²) < 4.78 is 63.2. The molecule has 0 aromatic heterocycles. The highest BCUT2D eigenvalue weighted by atomic mass is 16.9. The number of aliphatic hydroxyl groups excluding tert-OH is 1. The summed E-state index contributed by atoms with van der Waals surface area (Å²) in [6.45, 7) is 8.52. The second-order valence-corrected chi connectivity index (χ2v) is 14.1. The lowest BCUT2D eigenvalue weighted by atomic mass is 9.97. The van der Waals surface area contributed by atoms with Gasteiger partial charge in [0.1, 0.15) is 48.8 Å². The molecule has 4 fully saturated rings. The first-order chi connectivity index (χ1) is 24.1. The summed E-state index contributed by atoms with van der Waals surface area (Å²) in [4.78, 5) is 0. The summed E-state index contributed by atoms with van der Waals surface area (Å²) in [5.74, 6) is -1.71. The van der Waals surface area contributed by atoms with E-state index >= 15 is 0 Å². The zero-order valence-electron chi connectivity index (χ0n) is 29.0. The third-order valence-corrected chi connectivity index (χ3v) is 9.25. The maximum atomic E-state index is 11.9. The number of aliphatic hydroxyl groups is 1. The number of hydrogen-bond donors (Lipinski definition) is 1. The highest BCUT2D eigenvalue weighted by Gasteiger charge is 2.61. The molecule has 0 amide bonds. The first-order valence-electron chi connectivity index (χ1n) is 17.4. The highest BCUT2D eigenvalue weighted by Crippen LogP contribution is 2.44. The maximum Gasteiger partial charge on any atom is 0.190 e. The van der Waals surface area contributed by atoms with Crippen molar-refractivity contribution in [2.45, 2.75) is 121 Å². The monoisotopic (exact) mass is 692 g/mol. The first kappa shape index (κ1) is 35.6. The third kappa shape index (κ3) is 8.46. The Morgan fingerprint density at radius 1 is 0.540 bits per heavy atom. The van der Waals surface area contributed by atoms with Crippen LogP contribution in [0.2, 0.25) is 0 Å². The summed E-state index contributed by atoms with van der Waals surface area (Å²) in [6.07, 6.45) is -7.11. The van der Waals surface area contributed by atoms with Crippen molar-refractivity contribution in [1.29, 1.82) is 0 Å². The summed E-state index contributed by atoms with van der Waals surface area (Å²) in [5, 5.41) is 11.9. The van der Waals surface area contributed by atoms with Gasteiger partial charge in [-0.25, -0.2) is 0 Å². The fourth-order valence-electron chi connectivity index (χ4n) is 6.98. The zero-order valence-corrected chi connectivity index (χ0v) is 29.0. The molecule has 3 aromatic carbocycles. The molecule has 4 heterocycles. The van der Waals surface area contributed by atoms with Gasteiger partial charge >= 0.3 is 0 Å². The zero-order chi connectivity index (χ0) is 34.7. The lowest BCUT2D eigenvalue weighted by Crippen LogP contribution is -2.62. The van der Waals surface area contributed by atoms with Gasteiger partial charge in [0.25, 0.3) is 0 Å². The predicted octanol–water partition coefficient (Wildman–Crippen LogP) is 4.87. The topological polar surface area (TPSA) is 113 Å². The van der Waals surface area contributed by atoms with Gasteiger partial charge in [0, 0.05) is 0 Å². The smallest absolute Gasteiger partial charge is 0.190 e. The normalized spacial score (nSPS) is 34.3. The number of benzene rings is 3. The Morgan fingerprint density at radius 2 is 1.06 bits per heavy atom. The van der Waals surface area contributed by atoms with Crippen molar-refractivity contribution < 1.29 is 52.5 Å². The van der Waals surface area contributed by atoms with Gasteiger partial charge in [-0.3, -0.25) is 0 Å². The van der Waals surface area contributed by atoms with E-state index in [0.29, 0.717) is 13.2 Å². The molecule has 7 rings (SSSR count). The van der Waals surface area contributed by atoms with Crippen LogP contribution in [-0.4, -0.2) is 91.3 Å². The molecule has 270 valence electrons. The lowest BCUT2D eigenvalue weighted by molar-refractivity contribution is -0.329. The molecule has 11 nitrogen and oxygen atoms in total. The van der Waals surface area contributed by atoms with E-state index in [0.717, 1.165) is 16.7 Å². The van der Waals surface area contributed by atoms with Gasteiger partial charge in [-0.05, 0) is 44.4 Å². The van der Waals surface area contributed by atoms with Crippen LogP contribution >= 0.6 is 0 Å². The van der Waals surface area contributed by atoms with E-state index in [1.165, 1.54) is 0 Å². The molecule has 1 N–H and O–H groups in total. The second kappa shape index (κ2) is 15.4. The van der Waals surface area contributed by atoms with Crippen LogP contribution in [-0.2, 0) is 67.2 Å². The fraction of sp³-hybridized carbons (Fsp3) is 0.538. The van der Waals surface area contributed by atoms with E-state index in [9.17, 15) is 5.11 Å². The Hall–Kier alpha value is -2.78. The van der Waals surface area contributed by atoms with Crippen LogP contribution in [0.1, 0.15) is 44.4 Å². The molecule has 0 aliphatic carbocycles. The molecule has 11 heteroatoms. The van der Waals surface area contributed by atoms with E-state index < -0.39 is 73.0 Å². The van der Waals surface area contributed by atoms with Gasteiger partial charge < -0.3 is 52.5 Å². The molecule has 4 aliphatic heterocycles. The SMILES string of the molecule is CC1(C)OC2C3OC(C)(C)O[C@H]3C(CO[C@@H]3OC(COCc4ccccc4)[C@@H](OCc4ccccc4)C(OCc4ccccc4)C3O)O[C@@H]2O1. The summed E-state index contributed by atoms with van der Waals surface area (Å²) in [5.41, 5.74) is 2.97. The molecule has 0 bridgehead atoms. The Morgan fingerprint density at radius 3 is 1.68 bits per heavy atom. The maximum absolute atomic E-state index is 11.9. The van der Waals surface area contributed by atoms with Crippen LogP contribution in [0.4, 0.5) is 0 Å². The van der Waals surface area contributed by atoms with E-state index in [1.54, 1.807) is 0 Å². The summed E-state index contributed by atoms with van der Waals surface area (Å²) in [7, 11) is 0. The average Bonchev–Trinajstić information content (AvgIpc) is 3.61. The molecule has 0 radical (unpaired) electrons. The number of hydrogen-bond acceptors (Lipinski definition) is 11. The summed E-state index contributed by atoms with van der Waals surface area (Å²) in [6, 6.07) is 29.6. The van der Waals surface area contributed by atoms with Crippen molar-refractivity contribution in [3.05, 3.63) is 108 Å². The molecular weight excluding hydrogens is 644 g/mol. The number of rotatable bonds is 13. The van der Waals surface area contributed by atoms with Gasteiger partial charge in [0.2, 0.25) is 0 Å². The molecule has 0 spiro atoms. The Labute approximate surface area is 293 Å². The molecular formula is C39H48O11. The van der Waals surface area contributed by atoms with Crippen LogP contribution in [0.15, 0.2) is 91.0 Å². The second-order valence-electron chi connectivity index (χ2n) is 14.1. The van der Waals surface area contributed by atoms with Gasteiger partial charge in [0.15, 0.2) is 24.2 Å². The van der Waals surface area contributed by atoms with Gasteiger partial charge in [-0.15, -0.1) is 0 Å². The Balaban J connectivity index is 1.10. The minimum absolute atomic E-state index is 0.0217. The lowest BCUT2D eigenvalue weighted by Gasteiger charge is -2.45. The van der Waals surface area contributed by atoms with Crippen molar-refractivity contribution in [2.24, 2.45) is 0 Å². The van der Waals surface area contributed by atoms with E-state index in [-0.39, 0.29) is 19.8 Å².